The summed E-state index contributed by atoms with van der Waals surface area (Å²) < 4.78 is 11.4. The van der Waals surface area contributed by atoms with E-state index in [1.54, 1.807) is 12.1 Å². The number of carbonyl (C=O) groups excluding carboxylic acids is 1. The monoisotopic (exact) mass is 421 g/mol. The molecule has 1 saturated heterocycles. The Balaban J connectivity index is 1.28. The van der Waals surface area contributed by atoms with Crippen molar-refractivity contribution in [1.29, 1.82) is 0 Å². The van der Waals surface area contributed by atoms with Gasteiger partial charge in [0.2, 0.25) is 0 Å². The van der Waals surface area contributed by atoms with Crippen LogP contribution in [-0.4, -0.2) is 61.3 Å². The molecule has 0 bridgehead atoms. The van der Waals surface area contributed by atoms with E-state index in [0.717, 1.165) is 24.2 Å². The maximum Gasteiger partial charge on any atom is 0.289 e. The summed E-state index contributed by atoms with van der Waals surface area (Å²) in [6.07, 6.45) is 0.732. The third-order valence-electron chi connectivity index (χ3n) is 5.67. The molecule has 1 fully saturated rings. The first-order chi connectivity index (χ1) is 15.2. The Kier molecular flexibility index (Phi) is 7.14. The zero-order chi connectivity index (χ0) is 21.5. The molecule has 1 amide bonds. The molecule has 0 radical (unpaired) electrons. The van der Waals surface area contributed by atoms with Gasteiger partial charge < -0.3 is 24.1 Å². The Morgan fingerprint density at radius 3 is 2.13 bits per heavy atom. The molecule has 4 rings (SSSR count). The lowest BCUT2D eigenvalue weighted by Crippen LogP contribution is -3.15. The smallest absolute Gasteiger partial charge is 0.289 e. The van der Waals surface area contributed by atoms with Crippen LogP contribution in [0.1, 0.15) is 27.8 Å². The fourth-order valence-electron chi connectivity index (χ4n) is 4.03. The van der Waals surface area contributed by atoms with E-state index in [4.69, 9.17) is 9.15 Å². The fraction of sp³-hybridized carbons (Fsp3) is 0.320. The van der Waals surface area contributed by atoms with Crippen LogP contribution in [-0.2, 0) is 4.74 Å². The van der Waals surface area contributed by atoms with Crippen LogP contribution in [0.25, 0.3) is 0 Å². The van der Waals surface area contributed by atoms with Crippen molar-refractivity contribution in [3.63, 3.8) is 0 Å². The number of nitrogens with zero attached hydrogens (tertiary/aromatic N) is 1. The Bertz CT molecular complexity index is 883. The molecule has 1 aliphatic heterocycles. The van der Waals surface area contributed by atoms with Crippen molar-refractivity contribution in [2.75, 3.05) is 39.3 Å². The quantitative estimate of drug-likeness (QED) is 0.582. The van der Waals surface area contributed by atoms with E-state index in [9.17, 15) is 9.90 Å². The summed E-state index contributed by atoms with van der Waals surface area (Å²) in [6.45, 7) is 3.75. The molecule has 1 aromatic heterocycles. The van der Waals surface area contributed by atoms with E-state index >= 15 is 0 Å². The van der Waals surface area contributed by atoms with Crippen LogP contribution in [0.15, 0.2) is 83.5 Å². The summed E-state index contributed by atoms with van der Waals surface area (Å²) in [7, 11) is 0. The van der Waals surface area contributed by atoms with Crippen molar-refractivity contribution in [1.82, 2.24) is 4.90 Å². The highest BCUT2D eigenvalue weighted by molar-refractivity contribution is 5.91. The van der Waals surface area contributed by atoms with E-state index in [1.165, 1.54) is 11.2 Å². The number of ether oxygens (including phenoxy) is 1. The van der Waals surface area contributed by atoms with E-state index in [2.05, 4.69) is 0 Å². The van der Waals surface area contributed by atoms with Crippen LogP contribution in [0, 0.1) is 0 Å². The van der Waals surface area contributed by atoms with Crippen molar-refractivity contribution in [2.45, 2.75) is 12.2 Å². The van der Waals surface area contributed by atoms with Crippen LogP contribution < -0.4 is 4.90 Å². The number of aliphatic hydroxyl groups is 1. The molecule has 3 aromatic rings. The number of amides is 1. The number of benzene rings is 2. The molecule has 162 valence electrons. The average molecular weight is 422 g/mol. The first-order valence-corrected chi connectivity index (χ1v) is 10.8. The largest absolute Gasteiger partial charge is 0.459 e. The van der Waals surface area contributed by atoms with Gasteiger partial charge in [-0.05, 0) is 23.3 Å². The minimum absolute atomic E-state index is 0.0681. The number of piperazine rings is 1. The molecule has 1 aliphatic rings. The first kappa shape index (κ1) is 21.3. The molecular weight excluding hydrogens is 392 g/mol. The van der Waals surface area contributed by atoms with Gasteiger partial charge in [0.15, 0.2) is 5.76 Å². The average Bonchev–Trinajstić information content (AvgIpc) is 3.36. The van der Waals surface area contributed by atoms with Gasteiger partial charge in [-0.25, -0.2) is 0 Å². The lowest BCUT2D eigenvalue weighted by atomic mass is 10.0. The lowest BCUT2D eigenvalue weighted by molar-refractivity contribution is -0.907. The van der Waals surface area contributed by atoms with Gasteiger partial charge >= 0.3 is 0 Å². The second-order valence-electron chi connectivity index (χ2n) is 7.91. The number of quaternary nitrogens is 1. The van der Waals surface area contributed by atoms with Gasteiger partial charge in [-0.3, -0.25) is 4.79 Å². The predicted molar refractivity (Wildman–Crippen MR) is 117 cm³/mol. The molecule has 0 saturated carbocycles. The summed E-state index contributed by atoms with van der Waals surface area (Å²) in [4.78, 5) is 15.5. The summed E-state index contributed by atoms with van der Waals surface area (Å²) in [5.74, 6) is 0.311. The maximum absolute atomic E-state index is 12.4. The number of hydrogen-bond donors (Lipinski definition) is 2. The molecule has 1 atom stereocenters. The van der Waals surface area contributed by atoms with Gasteiger partial charge in [-0.1, -0.05) is 60.7 Å². The molecule has 2 heterocycles. The Morgan fingerprint density at radius 2 is 1.58 bits per heavy atom. The molecule has 0 spiro atoms. The molecule has 2 N–H and O–H groups in total. The van der Waals surface area contributed by atoms with E-state index in [1.807, 2.05) is 65.6 Å². The Labute approximate surface area is 182 Å². The Morgan fingerprint density at radius 1 is 0.968 bits per heavy atom. The summed E-state index contributed by atoms with van der Waals surface area (Å²) in [5, 5.41) is 10.6. The summed E-state index contributed by atoms with van der Waals surface area (Å²) in [5.41, 5.74) is 2.14. The molecule has 6 nitrogen and oxygen atoms in total. The summed E-state index contributed by atoms with van der Waals surface area (Å²) in [6, 6.07) is 23.6. The van der Waals surface area contributed by atoms with Gasteiger partial charge in [0.25, 0.3) is 5.91 Å². The van der Waals surface area contributed by atoms with Crippen molar-refractivity contribution >= 4 is 5.91 Å². The number of aliphatic hydroxyl groups excluding tert-OH is 1. The SMILES string of the molecule is O=C(c1ccco1)N1CC[NH+](C[C@H](O)COC(c2ccccc2)c2ccccc2)CC1. The molecule has 6 heteroatoms. The molecule has 31 heavy (non-hydrogen) atoms. The minimum atomic E-state index is -0.572. The highest BCUT2D eigenvalue weighted by Crippen LogP contribution is 2.25. The highest BCUT2D eigenvalue weighted by Gasteiger charge is 2.27. The number of nitrogens with one attached hydrogen (secondary N) is 1. The number of rotatable bonds is 8. The van der Waals surface area contributed by atoms with Gasteiger partial charge in [0.05, 0.1) is 39.0 Å². The van der Waals surface area contributed by atoms with Crippen molar-refractivity contribution < 1.29 is 24.0 Å². The van der Waals surface area contributed by atoms with Crippen LogP contribution in [0.2, 0.25) is 0 Å². The molecular formula is C25H29N2O4+. The van der Waals surface area contributed by atoms with Crippen LogP contribution in [0.4, 0.5) is 0 Å². The van der Waals surface area contributed by atoms with Crippen LogP contribution >= 0.6 is 0 Å². The van der Waals surface area contributed by atoms with E-state index in [-0.39, 0.29) is 18.6 Å². The Hall–Kier alpha value is -2.93. The predicted octanol–water partition coefficient (Wildman–Crippen LogP) is 1.79. The normalized spacial score (nSPS) is 15.9. The topological polar surface area (TPSA) is 67.4 Å². The van der Waals surface area contributed by atoms with Crippen molar-refractivity contribution in [3.8, 4) is 0 Å². The van der Waals surface area contributed by atoms with Gasteiger partial charge in [0, 0.05) is 0 Å². The number of hydrogen-bond acceptors (Lipinski definition) is 4. The standard InChI is InChI=1S/C25H28N2O4/c28-22(18-26-13-15-27(16-14-26)25(29)23-12-7-17-30-23)19-31-24(20-8-3-1-4-9-20)21-10-5-2-6-11-21/h1-12,17,22,24,28H,13-16,18-19H2/p+1/t22-/m0/s1. The van der Waals surface area contributed by atoms with Gasteiger partial charge in [-0.2, -0.15) is 0 Å². The fourth-order valence-corrected chi connectivity index (χ4v) is 4.03. The van der Waals surface area contributed by atoms with E-state index in [0.29, 0.717) is 25.4 Å². The third-order valence-corrected chi connectivity index (χ3v) is 5.67. The van der Waals surface area contributed by atoms with Crippen molar-refractivity contribution in [3.05, 3.63) is 95.9 Å². The molecule has 2 aromatic carbocycles. The van der Waals surface area contributed by atoms with Crippen molar-refractivity contribution in [2.24, 2.45) is 0 Å². The van der Waals surface area contributed by atoms with Crippen LogP contribution in [0.3, 0.4) is 0 Å². The third kappa shape index (κ3) is 5.61. The number of furan rings is 1. The first-order valence-electron chi connectivity index (χ1n) is 10.8. The van der Waals surface area contributed by atoms with Gasteiger partial charge in [0.1, 0.15) is 18.8 Å². The highest BCUT2D eigenvalue weighted by atomic mass is 16.5. The van der Waals surface area contributed by atoms with Crippen LogP contribution in [0.5, 0.6) is 0 Å². The zero-order valence-electron chi connectivity index (χ0n) is 17.5. The second-order valence-corrected chi connectivity index (χ2v) is 7.91. The molecule has 0 aliphatic carbocycles. The second kappa shape index (κ2) is 10.4. The van der Waals surface area contributed by atoms with Gasteiger partial charge in [-0.15, -0.1) is 0 Å². The minimum Gasteiger partial charge on any atom is -0.459 e. The van der Waals surface area contributed by atoms with E-state index < -0.39 is 6.10 Å². The zero-order valence-corrected chi connectivity index (χ0v) is 17.5. The lowest BCUT2D eigenvalue weighted by Gasteiger charge is -2.32. The maximum atomic E-state index is 12.4. The number of carbonyl (C=O) groups is 1. The molecule has 0 unspecified atom stereocenters. The summed E-state index contributed by atoms with van der Waals surface area (Å²) >= 11 is 0.